The number of hydrogen-bond donors (Lipinski definition) is 0. The summed E-state index contributed by atoms with van der Waals surface area (Å²) >= 11 is 3.28. The van der Waals surface area contributed by atoms with Crippen LogP contribution in [0, 0.1) is 17.5 Å². The Morgan fingerprint density at radius 3 is 2.42 bits per heavy atom. The molecule has 0 atom stereocenters. The predicted molar refractivity (Wildman–Crippen MR) is 89.9 cm³/mol. The van der Waals surface area contributed by atoms with E-state index in [0.29, 0.717) is 24.1 Å². The molecule has 0 heterocycles. The van der Waals surface area contributed by atoms with E-state index in [1.165, 1.54) is 17.0 Å². The highest BCUT2D eigenvalue weighted by Crippen LogP contribution is 2.18. The Labute approximate surface area is 147 Å². The third-order valence-electron chi connectivity index (χ3n) is 3.71. The van der Waals surface area contributed by atoms with Gasteiger partial charge in [0, 0.05) is 29.5 Å². The lowest BCUT2D eigenvalue weighted by molar-refractivity contribution is -0.131. The molecule has 0 aliphatic rings. The van der Waals surface area contributed by atoms with Crippen LogP contribution in [-0.2, 0) is 17.8 Å². The molecule has 0 spiro atoms. The molecule has 0 aliphatic heterocycles. The summed E-state index contributed by atoms with van der Waals surface area (Å²) in [7, 11) is 0. The molecule has 0 unspecified atom stereocenters. The van der Waals surface area contributed by atoms with Crippen molar-refractivity contribution in [1.82, 2.24) is 4.90 Å². The number of amides is 1. The van der Waals surface area contributed by atoms with Gasteiger partial charge in [0.2, 0.25) is 5.91 Å². The molecule has 128 valence electrons. The lowest BCUT2D eigenvalue weighted by atomic mass is 10.1. The topological polar surface area (TPSA) is 20.3 Å². The Bertz CT molecular complexity index is 736. The highest BCUT2D eigenvalue weighted by atomic mass is 79.9. The minimum absolute atomic E-state index is 0.147. The third-order valence-corrected chi connectivity index (χ3v) is 4.21. The van der Waals surface area contributed by atoms with E-state index in [0.717, 1.165) is 16.6 Å². The average molecular weight is 400 g/mol. The predicted octanol–water partition coefficient (Wildman–Crippen LogP) is 4.85. The first-order chi connectivity index (χ1) is 11.4. The van der Waals surface area contributed by atoms with Crippen molar-refractivity contribution in [1.29, 1.82) is 0 Å². The molecule has 0 aliphatic carbocycles. The molecular formula is C18H17BrF3NO. The van der Waals surface area contributed by atoms with Gasteiger partial charge in [-0.3, -0.25) is 4.79 Å². The van der Waals surface area contributed by atoms with Gasteiger partial charge in [0.15, 0.2) is 11.6 Å². The second kappa shape index (κ2) is 8.33. The Balaban J connectivity index is 2.00. The number of carbonyl (C=O) groups excluding carboxylic acids is 1. The molecular weight excluding hydrogens is 383 g/mol. The maximum Gasteiger partial charge on any atom is 0.223 e. The van der Waals surface area contributed by atoms with Crippen molar-refractivity contribution in [2.75, 3.05) is 6.54 Å². The Morgan fingerprint density at radius 1 is 1.04 bits per heavy atom. The van der Waals surface area contributed by atoms with Crippen LogP contribution in [0.25, 0.3) is 0 Å². The minimum atomic E-state index is -0.927. The first-order valence-corrected chi connectivity index (χ1v) is 8.35. The molecule has 0 saturated heterocycles. The number of benzene rings is 2. The summed E-state index contributed by atoms with van der Waals surface area (Å²) in [6.07, 6.45) is 0.446. The van der Waals surface area contributed by atoms with Crippen LogP contribution >= 0.6 is 15.9 Å². The Morgan fingerprint density at radius 2 is 1.75 bits per heavy atom. The number of hydrogen-bond acceptors (Lipinski definition) is 1. The molecule has 0 radical (unpaired) electrons. The highest BCUT2D eigenvalue weighted by Gasteiger charge is 2.15. The fourth-order valence-electron chi connectivity index (χ4n) is 2.35. The smallest absolute Gasteiger partial charge is 0.223 e. The zero-order valence-corrected chi connectivity index (χ0v) is 14.7. The summed E-state index contributed by atoms with van der Waals surface area (Å²) in [4.78, 5) is 13.9. The van der Waals surface area contributed by atoms with Crippen molar-refractivity contribution in [2.24, 2.45) is 0 Å². The summed E-state index contributed by atoms with van der Waals surface area (Å²) in [5, 5.41) is 0. The summed E-state index contributed by atoms with van der Waals surface area (Å²) in [6, 6.07) is 8.17. The van der Waals surface area contributed by atoms with Crippen LogP contribution in [0.3, 0.4) is 0 Å². The van der Waals surface area contributed by atoms with Gasteiger partial charge in [0.25, 0.3) is 0 Å². The fourth-order valence-corrected chi connectivity index (χ4v) is 2.76. The Hall–Kier alpha value is -1.82. The molecule has 24 heavy (non-hydrogen) atoms. The average Bonchev–Trinajstić information content (AvgIpc) is 2.56. The molecule has 0 fully saturated rings. The number of halogens is 4. The molecule has 2 aromatic carbocycles. The largest absolute Gasteiger partial charge is 0.339 e. The van der Waals surface area contributed by atoms with E-state index in [1.54, 1.807) is 12.1 Å². The Kier molecular flexibility index (Phi) is 6.43. The van der Waals surface area contributed by atoms with Gasteiger partial charge in [-0.05, 0) is 49.2 Å². The van der Waals surface area contributed by atoms with Crippen molar-refractivity contribution in [3.8, 4) is 0 Å². The first-order valence-electron chi connectivity index (χ1n) is 7.56. The molecule has 2 aromatic rings. The minimum Gasteiger partial charge on any atom is -0.339 e. The van der Waals surface area contributed by atoms with Crippen LogP contribution in [0.1, 0.15) is 24.5 Å². The highest BCUT2D eigenvalue weighted by molar-refractivity contribution is 9.10. The summed E-state index contributed by atoms with van der Waals surface area (Å²) in [5.74, 6) is -2.37. The molecule has 6 heteroatoms. The zero-order valence-electron chi connectivity index (χ0n) is 13.2. The van der Waals surface area contributed by atoms with Crippen molar-refractivity contribution in [3.05, 3.63) is 69.4 Å². The standard InChI is InChI=1S/C18H17BrF3NO/c1-2-23(11-13-10-14(19)5-7-15(13)20)18(24)8-4-12-3-6-16(21)17(22)9-12/h3,5-7,9-10H,2,4,8,11H2,1H3. The number of nitrogens with zero attached hydrogens (tertiary/aromatic N) is 1. The molecule has 0 aromatic heterocycles. The molecule has 0 N–H and O–H groups in total. The van der Waals surface area contributed by atoms with Gasteiger partial charge in [0.05, 0.1) is 0 Å². The molecule has 0 bridgehead atoms. The van der Waals surface area contributed by atoms with E-state index in [9.17, 15) is 18.0 Å². The SMILES string of the molecule is CCN(Cc1cc(Br)ccc1F)C(=O)CCc1ccc(F)c(F)c1. The van der Waals surface area contributed by atoms with Crippen LogP contribution < -0.4 is 0 Å². The van der Waals surface area contributed by atoms with Crippen LogP contribution in [0.5, 0.6) is 0 Å². The van der Waals surface area contributed by atoms with Crippen molar-refractivity contribution in [2.45, 2.75) is 26.3 Å². The number of aryl methyl sites for hydroxylation is 1. The maximum absolute atomic E-state index is 13.8. The lowest BCUT2D eigenvalue weighted by Crippen LogP contribution is -2.30. The van der Waals surface area contributed by atoms with Gasteiger partial charge < -0.3 is 4.90 Å². The monoisotopic (exact) mass is 399 g/mol. The molecule has 1 amide bonds. The van der Waals surface area contributed by atoms with Crippen LogP contribution in [0.2, 0.25) is 0 Å². The number of rotatable bonds is 6. The van der Waals surface area contributed by atoms with E-state index < -0.39 is 11.6 Å². The zero-order chi connectivity index (χ0) is 17.7. The van der Waals surface area contributed by atoms with E-state index in [1.807, 2.05) is 6.92 Å². The summed E-state index contributed by atoms with van der Waals surface area (Å²) in [6.45, 7) is 2.41. The van der Waals surface area contributed by atoms with Crippen LogP contribution in [0.15, 0.2) is 40.9 Å². The van der Waals surface area contributed by atoms with Crippen LogP contribution in [0.4, 0.5) is 13.2 Å². The fraction of sp³-hybridized carbons (Fsp3) is 0.278. The maximum atomic E-state index is 13.8. The quantitative estimate of drug-likeness (QED) is 0.679. The van der Waals surface area contributed by atoms with E-state index in [4.69, 9.17) is 0 Å². The van der Waals surface area contributed by atoms with Crippen molar-refractivity contribution < 1.29 is 18.0 Å². The third kappa shape index (κ3) is 4.84. The first kappa shape index (κ1) is 18.5. The second-order valence-corrected chi connectivity index (χ2v) is 6.31. The van der Waals surface area contributed by atoms with Crippen LogP contribution in [-0.4, -0.2) is 17.4 Å². The molecule has 2 rings (SSSR count). The van der Waals surface area contributed by atoms with Gasteiger partial charge >= 0.3 is 0 Å². The van der Waals surface area contributed by atoms with E-state index in [2.05, 4.69) is 15.9 Å². The van der Waals surface area contributed by atoms with Gasteiger partial charge in [0.1, 0.15) is 5.82 Å². The summed E-state index contributed by atoms with van der Waals surface area (Å²) in [5.41, 5.74) is 0.972. The van der Waals surface area contributed by atoms with Gasteiger partial charge in [-0.15, -0.1) is 0 Å². The van der Waals surface area contributed by atoms with Crippen molar-refractivity contribution >= 4 is 21.8 Å². The van der Waals surface area contributed by atoms with Gasteiger partial charge in [-0.2, -0.15) is 0 Å². The second-order valence-electron chi connectivity index (χ2n) is 5.39. The van der Waals surface area contributed by atoms with Gasteiger partial charge in [-0.25, -0.2) is 13.2 Å². The molecule has 0 saturated carbocycles. The number of carbonyl (C=O) groups is 1. The van der Waals surface area contributed by atoms with Gasteiger partial charge in [-0.1, -0.05) is 22.0 Å². The lowest BCUT2D eigenvalue weighted by Gasteiger charge is -2.21. The molecule has 2 nitrogen and oxygen atoms in total. The normalized spacial score (nSPS) is 10.7. The van der Waals surface area contributed by atoms with Crippen molar-refractivity contribution in [3.63, 3.8) is 0 Å². The summed E-state index contributed by atoms with van der Waals surface area (Å²) < 4.78 is 40.7. The van der Waals surface area contributed by atoms with E-state index in [-0.39, 0.29) is 24.7 Å². The van der Waals surface area contributed by atoms with E-state index >= 15 is 0 Å².